The Balaban J connectivity index is 2.41. The first-order chi connectivity index (χ1) is 9.22. The molecular formula is C13H16N4OS. The van der Waals surface area contributed by atoms with E-state index in [1.54, 1.807) is 6.21 Å². The maximum absolute atomic E-state index is 8.41. The third-order valence-electron chi connectivity index (χ3n) is 2.20. The van der Waals surface area contributed by atoms with Gasteiger partial charge in [-0.05, 0) is 42.8 Å². The summed E-state index contributed by atoms with van der Waals surface area (Å²) in [6.07, 6.45) is 3.91. The van der Waals surface area contributed by atoms with Gasteiger partial charge in [0.25, 0.3) is 0 Å². The van der Waals surface area contributed by atoms with Gasteiger partial charge in [0, 0.05) is 6.42 Å². The number of unbranched alkanes of at least 4 members (excludes halogenated alkanes) is 2. The molecule has 100 valence electrons. The molecule has 0 aromatic heterocycles. The van der Waals surface area contributed by atoms with Crippen LogP contribution in [0.5, 0.6) is 5.75 Å². The quantitative estimate of drug-likeness (QED) is 0.344. The standard InChI is InChI=1S/C13H16N4OS/c14-7-2-1-3-8-18-12-6-4-5-11(9-12)10-16-17-13(15)19/h4-6,9-10H,1-3,8H2,(H3,15,17,19). The average Bonchev–Trinajstić information content (AvgIpc) is 2.39. The Morgan fingerprint density at radius 3 is 3.11 bits per heavy atom. The first kappa shape index (κ1) is 14.9. The van der Waals surface area contributed by atoms with Crippen molar-refractivity contribution in [1.29, 1.82) is 5.26 Å². The zero-order valence-corrected chi connectivity index (χ0v) is 11.3. The van der Waals surface area contributed by atoms with Crippen LogP contribution in [-0.4, -0.2) is 17.9 Å². The van der Waals surface area contributed by atoms with Crippen LogP contribution in [0.3, 0.4) is 0 Å². The van der Waals surface area contributed by atoms with E-state index >= 15 is 0 Å². The van der Waals surface area contributed by atoms with Crippen molar-refractivity contribution < 1.29 is 4.74 Å². The molecule has 0 aliphatic rings. The van der Waals surface area contributed by atoms with Gasteiger partial charge in [0.15, 0.2) is 5.11 Å². The van der Waals surface area contributed by atoms with Crippen molar-refractivity contribution in [2.24, 2.45) is 10.8 Å². The Morgan fingerprint density at radius 2 is 2.37 bits per heavy atom. The molecule has 19 heavy (non-hydrogen) atoms. The van der Waals surface area contributed by atoms with Crippen LogP contribution in [0, 0.1) is 11.3 Å². The van der Waals surface area contributed by atoms with E-state index in [0.717, 1.165) is 24.2 Å². The summed E-state index contributed by atoms with van der Waals surface area (Å²) in [7, 11) is 0. The average molecular weight is 276 g/mol. The lowest BCUT2D eigenvalue weighted by atomic mass is 10.2. The molecule has 0 unspecified atom stereocenters. The molecule has 0 fully saturated rings. The van der Waals surface area contributed by atoms with Crippen molar-refractivity contribution in [1.82, 2.24) is 5.43 Å². The van der Waals surface area contributed by atoms with Crippen molar-refractivity contribution in [2.45, 2.75) is 19.3 Å². The van der Waals surface area contributed by atoms with Crippen LogP contribution >= 0.6 is 12.2 Å². The lowest BCUT2D eigenvalue weighted by molar-refractivity contribution is 0.307. The summed E-state index contributed by atoms with van der Waals surface area (Å²) in [5.74, 6) is 0.774. The molecule has 6 heteroatoms. The summed E-state index contributed by atoms with van der Waals surface area (Å²) in [6, 6.07) is 9.63. The SMILES string of the molecule is N#CCCCCOc1cccc(C=NNC(N)=S)c1. The first-order valence-electron chi connectivity index (χ1n) is 5.90. The minimum atomic E-state index is 0.126. The molecule has 0 atom stereocenters. The van der Waals surface area contributed by atoms with Crippen LogP contribution in [0.15, 0.2) is 29.4 Å². The summed E-state index contributed by atoms with van der Waals surface area (Å²) >= 11 is 4.63. The van der Waals surface area contributed by atoms with E-state index in [4.69, 9.17) is 15.7 Å². The predicted octanol–water partition coefficient (Wildman–Crippen LogP) is 1.93. The molecule has 1 aromatic rings. The van der Waals surface area contributed by atoms with Crippen LogP contribution in [-0.2, 0) is 0 Å². The van der Waals surface area contributed by atoms with Gasteiger partial charge >= 0.3 is 0 Å². The fourth-order valence-electron chi connectivity index (χ4n) is 1.35. The monoisotopic (exact) mass is 276 g/mol. The Labute approximate surface area is 118 Å². The van der Waals surface area contributed by atoms with Gasteiger partial charge in [-0.1, -0.05) is 12.1 Å². The van der Waals surface area contributed by atoms with Crippen molar-refractivity contribution in [2.75, 3.05) is 6.61 Å². The second-order valence-corrected chi connectivity index (χ2v) is 4.21. The van der Waals surface area contributed by atoms with Gasteiger partial charge in [-0.25, -0.2) is 0 Å². The van der Waals surface area contributed by atoms with Crippen LogP contribution < -0.4 is 15.9 Å². The lowest BCUT2D eigenvalue weighted by Gasteiger charge is -2.05. The van der Waals surface area contributed by atoms with Crippen LogP contribution in [0.2, 0.25) is 0 Å². The number of thiocarbonyl (C=S) groups is 1. The number of ether oxygens (including phenoxy) is 1. The number of benzene rings is 1. The smallest absolute Gasteiger partial charge is 0.184 e. The Hall–Kier alpha value is -2.13. The highest BCUT2D eigenvalue weighted by Gasteiger charge is 1.95. The zero-order valence-electron chi connectivity index (χ0n) is 10.5. The molecule has 3 N–H and O–H groups in total. The van der Waals surface area contributed by atoms with Crippen LogP contribution in [0.1, 0.15) is 24.8 Å². The van der Waals surface area contributed by atoms with Crippen molar-refractivity contribution in [3.8, 4) is 11.8 Å². The molecular weight excluding hydrogens is 260 g/mol. The van der Waals surface area contributed by atoms with E-state index in [-0.39, 0.29) is 5.11 Å². The number of nitrogens with one attached hydrogen (secondary N) is 1. The minimum Gasteiger partial charge on any atom is -0.494 e. The Kier molecular flexibility index (Phi) is 6.98. The molecule has 0 aliphatic heterocycles. The largest absolute Gasteiger partial charge is 0.494 e. The molecule has 0 saturated carbocycles. The topological polar surface area (TPSA) is 83.4 Å². The molecule has 0 heterocycles. The molecule has 0 spiro atoms. The van der Waals surface area contributed by atoms with Gasteiger partial charge < -0.3 is 10.5 Å². The summed E-state index contributed by atoms with van der Waals surface area (Å²) in [5.41, 5.74) is 8.63. The van der Waals surface area contributed by atoms with E-state index in [0.29, 0.717) is 13.0 Å². The van der Waals surface area contributed by atoms with Gasteiger partial charge in [-0.15, -0.1) is 0 Å². The summed E-state index contributed by atoms with van der Waals surface area (Å²) in [6.45, 7) is 0.605. The number of nitrogens with zero attached hydrogens (tertiary/aromatic N) is 2. The number of nitriles is 1. The highest BCUT2D eigenvalue weighted by Crippen LogP contribution is 2.12. The van der Waals surface area contributed by atoms with Gasteiger partial charge in [0.1, 0.15) is 5.75 Å². The molecule has 0 aliphatic carbocycles. The fraction of sp³-hybridized carbons (Fsp3) is 0.308. The van der Waals surface area contributed by atoms with Gasteiger partial charge in [0.05, 0.1) is 18.9 Å². The number of hydrogen-bond donors (Lipinski definition) is 2. The molecule has 0 bridgehead atoms. The Morgan fingerprint density at radius 1 is 1.53 bits per heavy atom. The van der Waals surface area contributed by atoms with E-state index in [9.17, 15) is 0 Å². The van der Waals surface area contributed by atoms with Gasteiger partial charge in [-0.3, -0.25) is 5.43 Å². The maximum atomic E-state index is 8.41. The molecule has 1 aromatic carbocycles. The van der Waals surface area contributed by atoms with Crippen molar-refractivity contribution >= 4 is 23.5 Å². The summed E-state index contributed by atoms with van der Waals surface area (Å²) in [4.78, 5) is 0. The fourth-order valence-corrected chi connectivity index (χ4v) is 1.40. The number of hydrazone groups is 1. The lowest BCUT2D eigenvalue weighted by Crippen LogP contribution is -2.23. The zero-order chi connectivity index (χ0) is 13.9. The van der Waals surface area contributed by atoms with E-state index in [2.05, 4.69) is 28.8 Å². The highest BCUT2D eigenvalue weighted by molar-refractivity contribution is 7.80. The van der Waals surface area contributed by atoms with E-state index in [1.165, 1.54) is 0 Å². The molecule has 0 radical (unpaired) electrons. The number of hydrogen-bond acceptors (Lipinski definition) is 4. The number of nitrogens with two attached hydrogens (primary N) is 1. The maximum Gasteiger partial charge on any atom is 0.184 e. The summed E-state index contributed by atoms with van der Waals surface area (Å²) < 4.78 is 5.58. The second-order valence-electron chi connectivity index (χ2n) is 3.77. The summed E-state index contributed by atoms with van der Waals surface area (Å²) in [5, 5.41) is 12.4. The van der Waals surface area contributed by atoms with Crippen molar-refractivity contribution in [3.05, 3.63) is 29.8 Å². The molecule has 5 nitrogen and oxygen atoms in total. The normalized spacial score (nSPS) is 10.1. The van der Waals surface area contributed by atoms with E-state index < -0.39 is 0 Å². The minimum absolute atomic E-state index is 0.126. The molecule has 0 saturated heterocycles. The van der Waals surface area contributed by atoms with Crippen LogP contribution in [0.25, 0.3) is 0 Å². The highest BCUT2D eigenvalue weighted by atomic mass is 32.1. The Bertz CT molecular complexity index is 482. The van der Waals surface area contributed by atoms with Crippen LogP contribution in [0.4, 0.5) is 0 Å². The van der Waals surface area contributed by atoms with Crippen molar-refractivity contribution in [3.63, 3.8) is 0 Å². The van der Waals surface area contributed by atoms with E-state index in [1.807, 2.05) is 24.3 Å². The van der Waals surface area contributed by atoms with Gasteiger partial charge in [-0.2, -0.15) is 10.4 Å². The second kappa shape index (κ2) is 8.89. The third kappa shape index (κ3) is 7.01. The third-order valence-corrected chi connectivity index (χ3v) is 2.29. The predicted molar refractivity (Wildman–Crippen MR) is 78.9 cm³/mol. The first-order valence-corrected chi connectivity index (χ1v) is 6.31. The molecule has 1 rings (SSSR count). The van der Waals surface area contributed by atoms with Gasteiger partial charge in [0.2, 0.25) is 0 Å². The molecule has 0 amide bonds. The number of rotatable bonds is 7.